The highest BCUT2D eigenvalue weighted by Gasteiger charge is 2.36. The molecule has 0 saturated carbocycles. The Hall–Kier alpha value is 0.900. The second-order valence-electron chi connectivity index (χ2n) is 4.07. The van der Waals surface area contributed by atoms with Crippen LogP contribution in [0.5, 0.6) is 0 Å². The van der Waals surface area contributed by atoms with Crippen molar-refractivity contribution in [3.63, 3.8) is 0 Å². The summed E-state index contributed by atoms with van der Waals surface area (Å²) >= 11 is 14.6. The van der Waals surface area contributed by atoms with Gasteiger partial charge in [0.15, 0.2) is 9.84 Å². The summed E-state index contributed by atoms with van der Waals surface area (Å²) in [5, 5.41) is -0.872. The van der Waals surface area contributed by atoms with Gasteiger partial charge in [0, 0.05) is 9.35 Å². The van der Waals surface area contributed by atoms with E-state index in [1.807, 2.05) is 6.07 Å². The molecule has 2 unspecified atom stereocenters. The Morgan fingerprint density at radius 3 is 2.65 bits per heavy atom. The molecule has 17 heavy (non-hydrogen) atoms. The first-order valence-corrected chi connectivity index (χ1v) is 9.77. The van der Waals surface area contributed by atoms with Crippen molar-refractivity contribution in [2.45, 2.75) is 29.9 Å². The second kappa shape index (κ2) is 5.49. The predicted molar refractivity (Wildman–Crippen MR) is 79.7 cm³/mol. The van der Waals surface area contributed by atoms with Crippen molar-refractivity contribution in [1.29, 1.82) is 0 Å². The zero-order valence-corrected chi connectivity index (χ0v) is 14.4. The van der Waals surface area contributed by atoms with Gasteiger partial charge in [-0.05, 0) is 50.8 Å². The van der Waals surface area contributed by atoms with Crippen LogP contribution in [-0.2, 0) is 9.84 Å². The number of sulfone groups is 1. The molecule has 1 aromatic heterocycles. The number of hydrogen-bond donors (Lipinski definition) is 0. The topological polar surface area (TPSA) is 34.1 Å². The highest BCUT2D eigenvalue weighted by Crippen LogP contribution is 2.42. The fourth-order valence-corrected chi connectivity index (χ4v) is 6.95. The molecule has 0 bridgehead atoms. The van der Waals surface area contributed by atoms with E-state index in [2.05, 4.69) is 31.9 Å². The summed E-state index contributed by atoms with van der Waals surface area (Å²) in [5.74, 6) is 0.272. The number of rotatable bonds is 2. The lowest BCUT2D eigenvalue weighted by molar-refractivity contribution is 0.535. The van der Waals surface area contributed by atoms with Gasteiger partial charge >= 0.3 is 0 Å². The Morgan fingerprint density at radius 2 is 2.12 bits per heavy atom. The fourth-order valence-electron chi connectivity index (χ4n) is 1.99. The van der Waals surface area contributed by atoms with Crippen LogP contribution in [0.1, 0.15) is 29.5 Å². The second-order valence-corrected chi connectivity index (χ2v) is 10.1. The molecule has 0 radical (unpaired) electrons. The van der Waals surface area contributed by atoms with Crippen molar-refractivity contribution in [3.05, 3.63) is 19.2 Å². The zero-order chi connectivity index (χ0) is 12.6. The van der Waals surface area contributed by atoms with Crippen molar-refractivity contribution in [2.75, 3.05) is 5.75 Å². The predicted octanol–water partition coefficient (Wildman–Crippen LogP) is 4.52. The van der Waals surface area contributed by atoms with E-state index < -0.39 is 20.5 Å². The third-order valence-corrected chi connectivity index (χ3v) is 9.34. The molecule has 0 aliphatic carbocycles. The van der Waals surface area contributed by atoms with Crippen molar-refractivity contribution in [3.8, 4) is 0 Å². The van der Waals surface area contributed by atoms with Gasteiger partial charge in [-0.2, -0.15) is 0 Å². The van der Waals surface area contributed by atoms with Crippen LogP contribution in [0.4, 0.5) is 0 Å². The maximum absolute atomic E-state index is 12.0. The standard InChI is InChI=1S/C10H11Br2ClO2S2/c11-6-5-7(16-10(6)12)9(13)8-3-1-2-4-17(8,14)15/h5,8-9H,1-4H2. The van der Waals surface area contributed by atoms with Gasteiger partial charge in [-0.3, -0.25) is 0 Å². The molecule has 2 atom stereocenters. The van der Waals surface area contributed by atoms with Crippen molar-refractivity contribution in [2.24, 2.45) is 0 Å². The van der Waals surface area contributed by atoms with E-state index in [9.17, 15) is 8.42 Å². The summed E-state index contributed by atoms with van der Waals surface area (Å²) in [4.78, 5) is 0.904. The smallest absolute Gasteiger partial charge is 0.154 e. The van der Waals surface area contributed by atoms with Gasteiger partial charge in [0.05, 0.1) is 20.2 Å². The van der Waals surface area contributed by atoms with Crippen LogP contribution < -0.4 is 0 Å². The molecule has 1 aliphatic rings. The van der Waals surface area contributed by atoms with Crippen LogP contribution in [0.15, 0.2) is 14.3 Å². The van der Waals surface area contributed by atoms with Crippen molar-refractivity contribution >= 4 is 64.6 Å². The first-order valence-electron chi connectivity index (χ1n) is 5.22. The summed E-state index contributed by atoms with van der Waals surface area (Å²) in [6.07, 6.45) is 2.38. The number of hydrogen-bond acceptors (Lipinski definition) is 3. The Morgan fingerprint density at radius 1 is 1.41 bits per heavy atom. The van der Waals surface area contributed by atoms with Crippen LogP contribution in [0.25, 0.3) is 0 Å². The average Bonchev–Trinajstić information content (AvgIpc) is 2.58. The molecule has 1 fully saturated rings. The summed E-state index contributed by atoms with van der Waals surface area (Å²) in [6.45, 7) is 0. The molecule has 0 amide bonds. The highest BCUT2D eigenvalue weighted by atomic mass is 79.9. The van der Waals surface area contributed by atoms with E-state index in [0.717, 1.165) is 26.0 Å². The minimum Gasteiger partial charge on any atom is -0.228 e. The minimum atomic E-state index is -3.03. The molecule has 1 saturated heterocycles. The summed E-state index contributed by atoms with van der Waals surface area (Å²) in [5.41, 5.74) is 0. The maximum Gasteiger partial charge on any atom is 0.154 e. The number of halogens is 3. The van der Waals surface area contributed by atoms with Gasteiger partial charge in [-0.1, -0.05) is 6.42 Å². The van der Waals surface area contributed by atoms with E-state index in [1.165, 1.54) is 11.3 Å². The first kappa shape index (κ1) is 14.3. The number of alkyl halides is 1. The third kappa shape index (κ3) is 3.08. The summed E-state index contributed by atoms with van der Waals surface area (Å²) < 4.78 is 25.8. The molecular formula is C10H11Br2ClO2S2. The molecule has 1 aliphatic heterocycles. The van der Waals surface area contributed by atoms with Gasteiger partial charge in [0.1, 0.15) is 0 Å². The molecule has 2 rings (SSSR count). The summed E-state index contributed by atoms with van der Waals surface area (Å²) in [6, 6.07) is 1.90. The van der Waals surface area contributed by atoms with Crippen LogP contribution >= 0.6 is 54.8 Å². The van der Waals surface area contributed by atoms with Crippen LogP contribution in [0.2, 0.25) is 0 Å². The lowest BCUT2D eigenvalue weighted by Gasteiger charge is -2.25. The van der Waals surface area contributed by atoms with E-state index in [0.29, 0.717) is 6.42 Å². The van der Waals surface area contributed by atoms with Crippen molar-refractivity contribution < 1.29 is 8.42 Å². The third-order valence-electron chi connectivity index (χ3n) is 2.89. The Bertz CT molecular complexity index is 493. The van der Waals surface area contributed by atoms with E-state index in [1.54, 1.807) is 0 Å². The monoisotopic (exact) mass is 420 g/mol. The molecule has 2 nitrogen and oxygen atoms in total. The molecule has 1 aromatic rings. The van der Waals surface area contributed by atoms with Gasteiger partial charge in [-0.15, -0.1) is 22.9 Å². The molecule has 96 valence electrons. The number of thiophene rings is 1. The van der Waals surface area contributed by atoms with Gasteiger partial charge in [0.2, 0.25) is 0 Å². The average molecular weight is 423 g/mol. The lowest BCUT2D eigenvalue weighted by atomic mass is 10.1. The highest BCUT2D eigenvalue weighted by molar-refractivity contribution is 9.13. The normalized spacial score (nSPS) is 25.7. The van der Waals surface area contributed by atoms with E-state index in [4.69, 9.17) is 11.6 Å². The largest absolute Gasteiger partial charge is 0.228 e. The lowest BCUT2D eigenvalue weighted by Crippen LogP contribution is -2.31. The van der Waals surface area contributed by atoms with E-state index >= 15 is 0 Å². The van der Waals surface area contributed by atoms with Crippen molar-refractivity contribution in [1.82, 2.24) is 0 Å². The van der Waals surface area contributed by atoms with Gasteiger partial charge in [0.25, 0.3) is 0 Å². The summed E-state index contributed by atoms with van der Waals surface area (Å²) in [7, 11) is -3.03. The zero-order valence-electron chi connectivity index (χ0n) is 8.83. The molecule has 0 aromatic carbocycles. The van der Waals surface area contributed by atoms with Gasteiger partial charge in [-0.25, -0.2) is 8.42 Å². The van der Waals surface area contributed by atoms with Crippen LogP contribution in [-0.4, -0.2) is 19.4 Å². The first-order chi connectivity index (χ1) is 7.92. The quantitative estimate of drug-likeness (QED) is 0.657. The fraction of sp³-hybridized carbons (Fsp3) is 0.600. The Balaban J connectivity index is 2.27. The van der Waals surface area contributed by atoms with Gasteiger partial charge < -0.3 is 0 Å². The van der Waals surface area contributed by atoms with Crippen LogP contribution in [0, 0.1) is 0 Å². The molecule has 0 spiro atoms. The minimum absolute atomic E-state index is 0.272. The molecule has 7 heteroatoms. The molecule has 0 N–H and O–H groups in total. The van der Waals surface area contributed by atoms with E-state index in [-0.39, 0.29) is 5.75 Å². The molecule has 2 heterocycles. The molecular weight excluding hydrogens is 412 g/mol. The SMILES string of the molecule is O=S1(=O)CCCCC1C(Cl)c1cc(Br)c(Br)s1. The maximum atomic E-state index is 12.0. The van der Waals surface area contributed by atoms with Crippen LogP contribution in [0.3, 0.4) is 0 Å². The Kier molecular flexibility index (Phi) is 4.62. The Labute approximate surface area is 127 Å².